The largest absolute Gasteiger partial charge is 0.493 e. The molecule has 3 heterocycles. The second kappa shape index (κ2) is 8.63. The molecule has 2 bridgehead atoms. The van der Waals surface area contributed by atoms with E-state index in [1.165, 1.54) is 10.6 Å². The molecular formula is C26H31ClN4O4. The van der Waals surface area contributed by atoms with Gasteiger partial charge in [-0.3, -0.25) is 9.47 Å². The molecule has 3 aliphatic rings. The van der Waals surface area contributed by atoms with Crippen molar-refractivity contribution in [3.8, 4) is 17.6 Å². The monoisotopic (exact) mass is 498 g/mol. The number of hydrogen-bond donors (Lipinski definition) is 1. The van der Waals surface area contributed by atoms with Crippen LogP contribution in [0.3, 0.4) is 0 Å². The minimum atomic E-state index is -0.422. The second-order valence-electron chi connectivity index (χ2n) is 10.7. The standard InChI is InChI=1S/C26H31ClN4O4/c1-13(2)18-7-5-14(3)9-21(18)35-26(34)29-12-17-10-20(29)23-24(32)31(25(33)30(17)23)19-8-6-16(11-28)22(27)15(19)4/h6,8,13-14,17-18,20-21,32H,5,7,9-10,12H2,1-4H3/t14?,17-,18?,20-,21?/m0/s1. The highest BCUT2D eigenvalue weighted by Crippen LogP contribution is 2.49. The van der Waals surface area contributed by atoms with Gasteiger partial charge in [-0.25, -0.2) is 14.2 Å². The molecule has 1 aromatic carbocycles. The molecule has 1 amide bonds. The Balaban J connectivity index is 1.45. The maximum atomic E-state index is 13.4. The third kappa shape index (κ3) is 3.63. The number of ether oxygens (including phenoxy) is 1. The number of halogens is 1. The van der Waals surface area contributed by atoms with Crippen LogP contribution < -0.4 is 5.69 Å². The van der Waals surface area contributed by atoms with Crippen LogP contribution in [0.25, 0.3) is 5.69 Å². The molecule has 1 saturated carbocycles. The third-order valence-electron chi connectivity index (χ3n) is 8.22. The smallest absolute Gasteiger partial charge is 0.410 e. The van der Waals surface area contributed by atoms with Crippen molar-refractivity contribution in [1.29, 1.82) is 5.26 Å². The van der Waals surface area contributed by atoms with E-state index >= 15 is 0 Å². The zero-order valence-corrected chi connectivity index (χ0v) is 21.2. The van der Waals surface area contributed by atoms with Crippen molar-refractivity contribution in [2.24, 2.45) is 17.8 Å². The predicted molar refractivity (Wildman–Crippen MR) is 131 cm³/mol. The highest BCUT2D eigenvalue weighted by Gasteiger charge is 2.50. The number of nitrogens with zero attached hydrogens (tertiary/aromatic N) is 4. The third-order valence-corrected chi connectivity index (χ3v) is 8.71. The Kier molecular flexibility index (Phi) is 5.87. The number of aromatic nitrogens is 2. The van der Waals surface area contributed by atoms with E-state index in [-0.39, 0.29) is 34.8 Å². The summed E-state index contributed by atoms with van der Waals surface area (Å²) in [5.74, 6) is 1.09. The number of carbonyl (C=O) groups excluding carboxylic acids is 1. The average Bonchev–Trinajstić information content (AvgIpc) is 3.47. The van der Waals surface area contributed by atoms with Crippen molar-refractivity contribution in [2.45, 2.75) is 71.6 Å². The topological polar surface area (TPSA) is 100 Å². The number of aromatic hydroxyl groups is 1. The van der Waals surface area contributed by atoms with Crippen molar-refractivity contribution >= 4 is 17.7 Å². The summed E-state index contributed by atoms with van der Waals surface area (Å²) in [6.45, 7) is 8.64. The lowest BCUT2D eigenvalue weighted by Crippen LogP contribution is -2.42. The number of imidazole rings is 1. The van der Waals surface area contributed by atoms with Crippen LogP contribution in [0.5, 0.6) is 5.88 Å². The van der Waals surface area contributed by atoms with E-state index in [1.807, 2.05) is 6.07 Å². The molecular weight excluding hydrogens is 468 g/mol. The molecule has 35 heavy (non-hydrogen) atoms. The highest BCUT2D eigenvalue weighted by molar-refractivity contribution is 6.32. The molecule has 5 atom stereocenters. The van der Waals surface area contributed by atoms with E-state index < -0.39 is 6.04 Å². The first-order valence-corrected chi connectivity index (χ1v) is 12.7. The Morgan fingerprint density at radius 3 is 2.71 bits per heavy atom. The van der Waals surface area contributed by atoms with Gasteiger partial charge >= 0.3 is 11.8 Å². The Labute approximate surface area is 209 Å². The minimum absolute atomic E-state index is 0.116. The van der Waals surface area contributed by atoms with E-state index in [9.17, 15) is 20.0 Å². The van der Waals surface area contributed by atoms with Crippen LogP contribution in [0.4, 0.5) is 4.79 Å². The molecule has 2 aromatic rings. The van der Waals surface area contributed by atoms with Crippen LogP contribution in [-0.4, -0.2) is 37.9 Å². The fraction of sp³-hybridized carbons (Fsp3) is 0.577. The predicted octanol–water partition coefficient (Wildman–Crippen LogP) is 5.08. The molecule has 1 saturated heterocycles. The van der Waals surface area contributed by atoms with Crippen molar-refractivity contribution in [3.05, 3.63) is 44.5 Å². The summed E-state index contributed by atoms with van der Waals surface area (Å²) >= 11 is 6.32. The molecule has 5 rings (SSSR count). The molecule has 0 radical (unpaired) electrons. The molecule has 3 unspecified atom stereocenters. The van der Waals surface area contributed by atoms with E-state index in [1.54, 1.807) is 22.5 Å². The summed E-state index contributed by atoms with van der Waals surface area (Å²) in [7, 11) is 0. The van der Waals surface area contributed by atoms with Crippen LogP contribution in [0.2, 0.25) is 5.02 Å². The van der Waals surface area contributed by atoms with Crippen LogP contribution in [0, 0.1) is 36.0 Å². The number of carbonyl (C=O) groups is 1. The summed E-state index contributed by atoms with van der Waals surface area (Å²) in [6, 6.07) is 4.53. The zero-order valence-electron chi connectivity index (χ0n) is 20.5. The summed E-state index contributed by atoms with van der Waals surface area (Å²) in [5.41, 5.74) is 1.31. The maximum Gasteiger partial charge on any atom is 0.410 e. The molecule has 1 N–H and O–H groups in total. The van der Waals surface area contributed by atoms with Crippen molar-refractivity contribution in [3.63, 3.8) is 0 Å². The fourth-order valence-electron chi connectivity index (χ4n) is 6.32. The van der Waals surface area contributed by atoms with E-state index in [0.717, 1.165) is 19.3 Å². The lowest BCUT2D eigenvalue weighted by molar-refractivity contribution is -0.0133. The normalized spacial score (nSPS) is 27.2. The summed E-state index contributed by atoms with van der Waals surface area (Å²) in [5, 5.41) is 20.7. The second-order valence-corrected chi connectivity index (χ2v) is 11.1. The molecule has 1 aromatic heterocycles. The number of likely N-dealkylation sites (tertiary alicyclic amines) is 1. The number of nitriles is 1. The summed E-state index contributed by atoms with van der Waals surface area (Å²) in [4.78, 5) is 28.3. The molecule has 9 heteroatoms. The highest BCUT2D eigenvalue weighted by atomic mass is 35.5. The van der Waals surface area contributed by atoms with Gasteiger partial charge in [0.15, 0.2) is 0 Å². The SMILES string of the molecule is Cc1c(-n2c(O)c3n(c2=O)[C@H]2C[C@@H]3N(C(=O)OC3CC(C)CCC3C(C)C)C2)ccc(C#N)c1Cl. The van der Waals surface area contributed by atoms with Gasteiger partial charge in [0.2, 0.25) is 5.88 Å². The van der Waals surface area contributed by atoms with Crippen LogP contribution >= 0.6 is 11.6 Å². The Bertz CT molecular complexity index is 1290. The van der Waals surface area contributed by atoms with Gasteiger partial charge in [-0.05, 0) is 61.6 Å². The van der Waals surface area contributed by atoms with Crippen LogP contribution in [0.1, 0.15) is 75.4 Å². The van der Waals surface area contributed by atoms with Gasteiger partial charge in [-0.1, -0.05) is 38.8 Å². The fourth-order valence-corrected chi connectivity index (χ4v) is 6.52. The first-order chi connectivity index (χ1) is 16.6. The van der Waals surface area contributed by atoms with Crippen molar-refractivity contribution < 1.29 is 14.6 Å². The van der Waals surface area contributed by atoms with E-state index in [4.69, 9.17) is 16.3 Å². The van der Waals surface area contributed by atoms with Gasteiger partial charge < -0.3 is 9.84 Å². The molecule has 1 aliphatic carbocycles. The van der Waals surface area contributed by atoms with Gasteiger partial charge in [0.1, 0.15) is 17.9 Å². The Hall–Kier alpha value is -2.92. The van der Waals surface area contributed by atoms with Crippen molar-refractivity contribution in [2.75, 3.05) is 6.54 Å². The van der Waals surface area contributed by atoms with Crippen LogP contribution in [-0.2, 0) is 4.74 Å². The number of rotatable bonds is 3. The number of benzene rings is 1. The van der Waals surface area contributed by atoms with E-state index in [2.05, 4.69) is 20.8 Å². The molecule has 186 valence electrons. The van der Waals surface area contributed by atoms with Gasteiger partial charge in [-0.15, -0.1) is 0 Å². The lowest BCUT2D eigenvalue weighted by Gasteiger charge is -2.38. The first-order valence-electron chi connectivity index (χ1n) is 12.4. The summed E-state index contributed by atoms with van der Waals surface area (Å²) < 4.78 is 8.89. The molecule has 2 aliphatic heterocycles. The molecule has 8 nitrogen and oxygen atoms in total. The average molecular weight is 499 g/mol. The zero-order chi connectivity index (χ0) is 25.2. The maximum absolute atomic E-state index is 13.4. The van der Waals surface area contributed by atoms with Gasteiger partial charge in [0, 0.05) is 6.54 Å². The first kappa shape index (κ1) is 23.8. The Morgan fingerprint density at radius 1 is 1.29 bits per heavy atom. The van der Waals surface area contributed by atoms with Gasteiger partial charge in [0.05, 0.1) is 28.4 Å². The quantitative estimate of drug-likeness (QED) is 0.636. The number of hydrogen-bond acceptors (Lipinski definition) is 5. The van der Waals surface area contributed by atoms with Gasteiger partial charge in [0.25, 0.3) is 0 Å². The lowest BCUT2D eigenvalue weighted by atomic mass is 9.75. The Morgan fingerprint density at radius 2 is 2.03 bits per heavy atom. The molecule has 0 spiro atoms. The molecule has 2 fully saturated rings. The van der Waals surface area contributed by atoms with Crippen LogP contribution in [0.15, 0.2) is 16.9 Å². The van der Waals surface area contributed by atoms with Crippen molar-refractivity contribution in [1.82, 2.24) is 14.0 Å². The minimum Gasteiger partial charge on any atom is -0.493 e. The number of amides is 1. The number of fused-ring (bicyclic) bond motifs is 5. The van der Waals surface area contributed by atoms with Gasteiger partial charge in [-0.2, -0.15) is 5.26 Å². The summed E-state index contributed by atoms with van der Waals surface area (Å²) in [6.07, 6.45) is 3.16. The van der Waals surface area contributed by atoms with E-state index in [0.29, 0.717) is 53.2 Å².